The Labute approximate surface area is 110 Å². The van der Waals surface area contributed by atoms with E-state index in [-0.39, 0.29) is 0 Å². The maximum atomic E-state index is 5.90. The lowest BCUT2D eigenvalue weighted by atomic mass is 10.1. The van der Waals surface area contributed by atoms with Crippen molar-refractivity contribution in [1.29, 1.82) is 0 Å². The van der Waals surface area contributed by atoms with Crippen molar-refractivity contribution in [2.45, 2.75) is 25.8 Å². The molecule has 1 aliphatic carbocycles. The SMILES string of the molecule is CN(C)Cc1ccc(OCC2CC2)c(CCN)c1. The van der Waals surface area contributed by atoms with Crippen LogP contribution in [0.1, 0.15) is 24.0 Å². The van der Waals surface area contributed by atoms with Crippen LogP contribution in [0.5, 0.6) is 5.75 Å². The second-order valence-corrected chi connectivity index (χ2v) is 5.47. The Morgan fingerprint density at radius 1 is 1.33 bits per heavy atom. The standard InChI is InChI=1S/C15H24N2O/c1-17(2)10-13-5-6-15(14(9-13)7-8-16)18-11-12-3-4-12/h5-6,9,12H,3-4,7-8,10-11,16H2,1-2H3. The summed E-state index contributed by atoms with van der Waals surface area (Å²) in [5, 5.41) is 0. The predicted molar refractivity (Wildman–Crippen MR) is 74.8 cm³/mol. The predicted octanol–water partition coefficient (Wildman–Crippen LogP) is 2.04. The minimum Gasteiger partial charge on any atom is -0.493 e. The molecule has 1 aliphatic rings. The van der Waals surface area contributed by atoms with E-state index in [0.29, 0.717) is 6.54 Å². The van der Waals surface area contributed by atoms with Gasteiger partial charge in [-0.15, -0.1) is 0 Å². The molecule has 1 aromatic carbocycles. The second kappa shape index (κ2) is 6.21. The Morgan fingerprint density at radius 2 is 2.11 bits per heavy atom. The van der Waals surface area contributed by atoms with Crippen LogP contribution in [-0.4, -0.2) is 32.1 Å². The molecular weight excluding hydrogens is 224 g/mol. The second-order valence-electron chi connectivity index (χ2n) is 5.47. The van der Waals surface area contributed by atoms with Gasteiger partial charge in [0.15, 0.2) is 0 Å². The highest BCUT2D eigenvalue weighted by Crippen LogP contribution is 2.30. The number of hydrogen-bond acceptors (Lipinski definition) is 3. The highest BCUT2D eigenvalue weighted by Gasteiger charge is 2.22. The van der Waals surface area contributed by atoms with Crippen LogP contribution in [0.25, 0.3) is 0 Å². The molecule has 1 aromatic rings. The van der Waals surface area contributed by atoms with Gasteiger partial charge in [0.25, 0.3) is 0 Å². The van der Waals surface area contributed by atoms with E-state index in [0.717, 1.165) is 31.2 Å². The van der Waals surface area contributed by atoms with Crippen molar-refractivity contribution >= 4 is 0 Å². The Kier molecular flexibility index (Phi) is 4.61. The molecule has 0 aromatic heterocycles. The fourth-order valence-electron chi connectivity index (χ4n) is 2.08. The van der Waals surface area contributed by atoms with Crippen molar-refractivity contribution in [1.82, 2.24) is 4.90 Å². The Morgan fingerprint density at radius 3 is 2.72 bits per heavy atom. The third-order valence-electron chi connectivity index (χ3n) is 3.21. The van der Waals surface area contributed by atoms with Crippen molar-refractivity contribution in [3.05, 3.63) is 29.3 Å². The van der Waals surface area contributed by atoms with Gasteiger partial charge in [-0.1, -0.05) is 12.1 Å². The van der Waals surface area contributed by atoms with Crippen LogP contribution in [0.15, 0.2) is 18.2 Å². The van der Waals surface area contributed by atoms with Crippen LogP contribution >= 0.6 is 0 Å². The fraction of sp³-hybridized carbons (Fsp3) is 0.600. The quantitative estimate of drug-likeness (QED) is 0.802. The van der Waals surface area contributed by atoms with Crippen LogP contribution in [0.4, 0.5) is 0 Å². The van der Waals surface area contributed by atoms with Gasteiger partial charge in [0.2, 0.25) is 0 Å². The summed E-state index contributed by atoms with van der Waals surface area (Å²) >= 11 is 0. The van der Waals surface area contributed by atoms with Gasteiger partial charge in [0.05, 0.1) is 6.61 Å². The fourth-order valence-corrected chi connectivity index (χ4v) is 2.08. The molecule has 0 bridgehead atoms. The zero-order valence-electron chi connectivity index (χ0n) is 11.5. The summed E-state index contributed by atoms with van der Waals surface area (Å²) < 4.78 is 5.90. The normalized spacial score (nSPS) is 15.1. The Bertz CT molecular complexity index is 386. The zero-order valence-corrected chi connectivity index (χ0v) is 11.5. The first-order valence-corrected chi connectivity index (χ1v) is 6.78. The molecule has 0 radical (unpaired) electrons. The number of nitrogens with zero attached hydrogens (tertiary/aromatic N) is 1. The van der Waals surface area contributed by atoms with Gasteiger partial charge in [-0.05, 0) is 63.0 Å². The van der Waals surface area contributed by atoms with Crippen molar-refractivity contribution < 1.29 is 4.74 Å². The molecule has 0 aliphatic heterocycles. The Hall–Kier alpha value is -1.06. The molecule has 3 nitrogen and oxygen atoms in total. The van der Waals surface area contributed by atoms with Gasteiger partial charge in [-0.25, -0.2) is 0 Å². The summed E-state index contributed by atoms with van der Waals surface area (Å²) in [6.07, 6.45) is 3.54. The van der Waals surface area contributed by atoms with Crippen LogP contribution < -0.4 is 10.5 Å². The lowest BCUT2D eigenvalue weighted by Crippen LogP contribution is -2.12. The van der Waals surface area contributed by atoms with E-state index in [1.807, 2.05) is 0 Å². The minimum atomic E-state index is 0.672. The first-order chi connectivity index (χ1) is 8.69. The number of ether oxygens (including phenoxy) is 1. The third kappa shape index (κ3) is 4.00. The largest absolute Gasteiger partial charge is 0.493 e. The molecule has 0 heterocycles. The molecule has 1 fully saturated rings. The number of nitrogens with two attached hydrogens (primary N) is 1. The highest BCUT2D eigenvalue weighted by molar-refractivity contribution is 5.37. The average Bonchev–Trinajstić information content (AvgIpc) is 3.11. The molecule has 0 unspecified atom stereocenters. The summed E-state index contributed by atoms with van der Waals surface area (Å²) in [5.41, 5.74) is 8.25. The number of rotatable bonds is 7. The topological polar surface area (TPSA) is 38.5 Å². The van der Waals surface area contributed by atoms with E-state index in [4.69, 9.17) is 10.5 Å². The summed E-state index contributed by atoms with van der Waals surface area (Å²) in [4.78, 5) is 2.17. The van der Waals surface area contributed by atoms with Gasteiger partial charge in [0.1, 0.15) is 5.75 Å². The average molecular weight is 248 g/mol. The van der Waals surface area contributed by atoms with Crippen molar-refractivity contribution in [2.75, 3.05) is 27.2 Å². The molecule has 0 saturated heterocycles. The molecule has 0 atom stereocenters. The van der Waals surface area contributed by atoms with Gasteiger partial charge in [0, 0.05) is 6.54 Å². The molecule has 2 N–H and O–H groups in total. The van der Waals surface area contributed by atoms with Gasteiger partial charge >= 0.3 is 0 Å². The molecule has 2 rings (SSSR count). The van der Waals surface area contributed by atoms with Gasteiger partial charge in [-0.2, -0.15) is 0 Å². The molecule has 18 heavy (non-hydrogen) atoms. The molecular formula is C15H24N2O. The van der Waals surface area contributed by atoms with E-state index in [9.17, 15) is 0 Å². The maximum Gasteiger partial charge on any atom is 0.122 e. The highest BCUT2D eigenvalue weighted by atomic mass is 16.5. The van der Waals surface area contributed by atoms with Crippen LogP contribution in [0, 0.1) is 5.92 Å². The summed E-state index contributed by atoms with van der Waals surface area (Å²) in [6.45, 7) is 2.50. The molecule has 100 valence electrons. The van der Waals surface area contributed by atoms with E-state index < -0.39 is 0 Å². The van der Waals surface area contributed by atoms with E-state index in [1.54, 1.807) is 0 Å². The lowest BCUT2D eigenvalue weighted by Gasteiger charge is -2.15. The van der Waals surface area contributed by atoms with E-state index in [1.165, 1.54) is 24.0 Å². The number of hydrogen-bond donors (Lipinski definition) is 1. The summed E-state index contributed by atoms with van der Waals surface area (Å²) in [6, 6.07) is 6.49. The van der Waals surface area contributed by atoms with Crippen molar-refractivity contribution in [3.63, 3.8) is 0 Å². The number of benzene rings is 1. The molecule has 1 saturated carbocycles. The molecule has 0 amide bonds. The summed E-state index contributed by atoms with van der Waals surface area (Å²) in [7, 11) is 4.17. The monoisotopic (exact) mass is 248 g/mol. The smallest absolute Gasteiger partial charge is 0.122 e. The van der Waals surface area contributed by atoms with Crippen LogP contribution in [0.2, 0.25) is 0 Å². The minimum absolute atomic E-state index is 0.672. The van der Waals surface area contributed by atoms with Gasteiger partial charge < -0.3 is 15.4 Å². The van der Waals surface area contributed by atoms with E-state index >= 15 is 0 Å². The lowest BCUT2D eigenvalue weighted by molar-refractivity contribution is 0.296. The maximum absolute atomic E-state index is 5.90. The summed E-state index contributed by atoms with van der Waals surface area (Å²) in [5.74, 6) is 1.81. The molecule has 3 heteroatoms. The van der Waals surface area contributed by atoms with Gasteiger partial charge in [-0.3, -0.25) is 0 Å². The van der Waals surface area contributed by atoms with E-state index in [2.05, 4.69) is 37.2 Å². The third-order valence-corrected chi connectivity index (χ3v) is 3.21. The Balaban J connectivity index is 2.06. The van der Waals surface area contributed by atoms with Crippen LogP contribution in [-0.2, 0) is 13.0 Å². The van der Waals surface area contributed by atoms with Crippen molar-refractivity contribution in [2.24, 2.45) is 11.7 Å². The van der Waals surface area contributed by atoms with Crippen LogP contribution in [0.3, 0.4) is 0 Å². The van der Waals surface area contributed by atoms with Crippen molar-refractivity contribution in [3.8, 4) is 5.75 Å². The zero-order chi connectivity index (χ0) is 13.0. The molecule has 0 spiro atoms. The first kappa shape index (κ1) is 13.4. The first-order valence-electron chi connectivity index (χ1n) is 6.78.